The summed E-state index contributed by atoms with van der Waals surface area (Å²) in [5, 5.41) is 2.60. The van der Waals surface area contributed by atoms with Gasteiger partial charge >= 0.3 is 0 Å². The molecule has 208 valence electrons. The smallest absolute Gasteiger partial charge is 0.242 e. The molecule has 0 radical (unpaired) electrons. The Labute approximate surface area is 227 Å². The van der Waals surface area contributed by atoms with Gasteiger partial charge in [-0.25, -0.2) is 12.9 Å². The fourth-order valence-electron chi connectivity index (χ4n) is 4.67. The van der Waals surface area contributed by atoms with E-state index < -0.39 is 23.6 Å². The van der Waals surface area contributed by atoms with Crippen molar-refractivity contribution < 1.29 is 22.9 Å². The van der Waals surface area contributed by atoms with Crippen molar-refractivity contribution in [3.63, 3.8) is 0 Å². The van der Waals surface area contributed by atoms with Crippen LogP contribution in [0.5, 0.6) is 5.75 Å². The first-order valence-corrected chi connectivity index (χ1v) is 13.9. The molecular weight excluding hydrogens is 507 g/mol. The number of hydrogen-bond donors (Lipinski definition) is 1. The summed E-state index contributed by atoms with van der Waals surface area (Å²) < 4.78 is 33.1. The highest BCUT2D eigenvalue weighted by Gasteiger charge is 2.21. The van der Waals surface area contributed by atoms with Crippen LogP contribution >= 0.6 is 0 Å². The summed E-state index contributed by atoms with van der Waals surface area (Å²) in [5.74, 6) is -0.125. The average Bonchev–Trinajstić information content (AvgIpc) is 3.07. The molecule has 0 saturated carbocycles. The van der Waals surface area contributed by atoms with Gasteiger partial charge in [0.05, 0.1) is 25.1 Å². The summed E-state index contributed by atoms with van der Waals surface area (Å²) in [4.78, 5) is 29.8. The zero-order valence-corrected chi connectivity index (χ0v) is 23.8. The minimum Gasteiger partial charge on any atom is -0.497 e. The van der Waals surface area contributed by atoms with Crippen LogP contribution in [-0.4, -0.2) is 90.7 Å². The number of nitrogens with one attached hydrogen (secondary N) is 1. The lowest BCUT2D eigenvalue weighted by molar-refractivity contribution is -0.133. The molecule has 1 heterocycles. The molecule has 2 amide bonds. The molecular formula is C28H39FN4O4S. The number of fused-ring (bicyclic) bond motifs is 1. The number of likely N-dealkylation sites (N-methyl/N-ethyl adjacent to an activating group) is 2. The summed E-state index contributed by atoms with van der Waals surface area (Å²) in [6.45, 7) is 4.83. The number of carbonyl (C=O) groups excluding carboxylic acids is 2. The van der Waals surface area contributed by atoms with Crippen LogP contribution in [-0.2, 0) is 40.0 Å². The van der Waals surface area contributed by atoms with Gasteiger partial charge in [-0.05, 0) is 73.7 Å². The zero-order valence-electron chi connectivity index (χ0n) is 23.0. The Morgan fingerprint density at radius 3 is 2.39 bits per heavy atom. The molecule has 38 heavy (non-hydrogen) atoms. The molecule has 1 atom stereocenters. The SMILES string of the molecule is COc1cc(C)c(S(=O)N(C)CC(=O)NCC(=O)N(CCF)Cc2ccc3c(c2)CCN(C)CC3)c(C)c1. The van der Waals surface area contributed by atoms with Crippen LogP contribution in [0.15, 0.2) is 35.2 Å². The van der Waals surface area contributed by atoms with Gasteiger partial charge in [0.2, 0.25) is 11.8 Å². The molecule has 0 aliphatic carbocycles. The lowest BCUT2D eigenvalue weighted by Gasteiger charge is -2.23. The lowest BCUT2D eigenvalue weighted by atomic mass is 10.00. The van der Waals surface area contributed by atoms with Gasteiger partial charge in [0.1, 0.15) is 23.4 Å². The Bertz CT molecular complexity index is 1150. The summed E-state index contributed by atoms with van der Waals surface area (Å²) in [6.07, 6.45) is 1.93. The van der Waals surface area contributed by atoms with Crippen molar-refractivity contribution in [1.82, 2.24) is 19.4 Å². The first-order chi connectivity index (χ1) is 18.1. The van der Waals surface area contributed by atoms with Gasteiger partial charge in [-0.2, -0.15) is 0 Å². The van der Waals surface area contributed by atoms with Gasteiger partial charge in [0, 0.05) is 33.2 Å². The van der Waals surface area contributed by atoms with E-state index in [2.05, 4.69) is 29.4 Å². The molecule has 0 saturated heterocycles. The molecule has 1 N–H and O–H groups in total. The lowest BCUT2D eigenvalue weighted by Crippen LogP contribution is -2.43. The van der Waals surface area contributed by atoms with Crippen LogP contribution in [0.25, 0.3) is 0 Å². The molecule has 2 aromatic rings. The van der Waals surface area contributed by atoms with E-state index in [1.807, 2.05) is 19.9 Å². The van der Waals surface area contributed by atoms with Crippen LogP contribution in [0.3, 0.4) is 0 Å². The minimum absolute atomic E-state index is 0.0472. The van der Waals surface area contributed by atoms with Crippen LogP contribution in [0.1, 0.15) is 27.8 Å². The number of ether oxygens (including phenoxy) is 1. The number of nitrogens with zero attached hydrogens (tertiary/aromatic N) is 3. The number of amides is 2. The fourth-order valence-corrected chi connectivity index (χ4v) is 5.88. The Morgan fingerprint density at radius 2 is 1.76 bits per heavy atom. The van der Waals surface area contributed by atoms with Gasteiger partial charge in [-0.3, -0.25) is 9.59 Å². The average molecular weight is 547 g/mol. The maximum atomic E-state index is 13.3. The standard InChI is InChI=1S/C28H39FN4O4S/c1-20-14-25(37-5)15-21(2)28(20)38(36)32(4)19-26(34)30-17-27(35)33(13-10-29)18-22-6-7-23-8-11-31(3)12-9-24(23)16-22/h6-7,14-16H,8-13,17-19H2,1-5H3,(H,30,34). The van der Waals surface area contributed by atoms with Crippen molar-refractivity contribution >= 4 is 22.8 Å². The number of methoxy groups -OCH3 is 1. The van der Waals surface area contributed by atoms with Crippen molar-refractivity contribution in [2.24, 2.45) is 0 Å². The second-order valence-electron chi connectivity index (χ2n) is 9.81. The second kappa shape index (κ2) is 13.8. The fraction of sp³-hybridized carbons (Fsp3) is 0.500. The van der Waals surface area contributed by atoms with E-state index in [1.165, 1.54) is 20.3 Å². The largest absolute Gasteiger partial charge is 0.497 e. The monoisotopic (exact) mass is 546 g/mol. The second-order valence-corrected chi connectivity index (χ2v) is 11.3. The number of rotatable bonds is 11. The van der Waals surface area contributed by atoms with Crippen LogP contribution < -0.4 is 10.1 Å². The van der Waals surface area contributed by atoms with Crippen molar-refractivity contribution in [3.05, 3.63) is 58.1 Å². The highest BCUT2D eigenvalue weighted by Crippen LogP contribution is 2.25. The van der Waals surface area contributed by atoms with Gasteiger partial charge in [-0.1, -0.05) is 18.2 Å². The highest BCUT2D eigenvalue weighted by atomic mass is 32.2. The van der Waals surface area contributed by atoms with Crippen molar-refractivity contribution in [2.75, 3.05) is 60.6 Å². The van der Waals surface area contributed by atoms with Gasteiger partial charge < -0.3 is 19.9 Å². The van der Waals surface area contributed by atoms with Crippen LogP contribution in [0.4, 0.5) is 4.39 Å². The van der Waals surface area contributed by atoms with E-state index >= 15 is 0 Å². The van der Waals surface area contributed by atoms with E-state index in [0.717, 1.165) is 42.6 Å². The molecule has 0 bridgehead atoms. The Morgan fingerprint density at radius 1 is 1.11 bits per heavy atom. The summed E-state index contributed by atoms with van der Waals surface area (Å²) >= 11 is 0. The quantitative estimate of drug-likeness (QED) is 0.468. The van der Waals surface area contributed by atoms with Gasteiger partial charge in [0.25, 0.3) is 0 Å². The first-order valence-electron chi connectivity index (χ1n) is 12.8. The van der Waals surface area contributed by atoms with E-state index in [1.54, 1.807) is 26.3 Å². The Kier molecular flexibility index (Phi) is 10.8. The predicted molar refractivity (Wildman–Crippen MR) is 147 cm³/mol. The Hall–Kier alpha value is -2.82. The zero-order chi connectivity index (χ0) is 27.8. The highest BCUT2D eigenvalue weighted by molar-refractivity contribution is 7.82. The predicted octanol–water partition coefficient (Wildman–Crippen LogP) is 2.41. The van der Waals surface area contributed by atoms with Crippen LogP contribution in [0.2, 0.25) is 0 Å². The van der Waals surface area contributed by atoms with E-state index in [4.69, 9.17) is 4.74 Å². The number of aryl methyl sites for hydroxylation is 2. The summed E-state index contributed by atoms with van der Waals surface area (Å²) in [7, 11) is 3.70. The van der Waals surface area contributed by atoms with Gasteiger partial charge in [-0.15, -0.1) is 0 Å². The molecule has 1 aliphatic heterocycles. The van der Waals surface area contributed by atoms with E-state index in [0.29, 0.717) is 10.6 Å². The molecule has 1 aliphatic rings. The van der Waals surface area contributed by atoms with Crippen LogP contribution in [0, 0.1) is 13.8 Å². The Balaban J connectivity index is 1.57. The van der Waals surface area contributed by atoms with E-state index in [9.17, 15) is 18.2 Å². The molecule has 3 rings (SSSR count). The van der Waals surface area contributed by atoms with Crippen molar-refractivity contribution in [3.8, 4) is 5.75 Å². The minimum atomic E-state index is -1.57. The normalized spacial score (nSPS) is 14.5. The first kappa shape index (κ1) is 29.7. The number of alkyl halides is 1. The maximum Gasteiger partial charge on any atom is 0.242 e. The number of hydrogen-bond acceptors (Lipinski definition) is 5. The molecule has 1 unspecified atom stereocenters. The molecule has 0 fully saturated rings. The molecule has 0 spiro atoms. The molecule has 10 heteroatoms. The number of halogens is 1. The van der Waals surface area contributed by atoms with Gasteiger partial charge in [0.15, 0.2) is 0 Å². The topological polar surface area (TPSA) is 82.2 Å². The molecule has 8 nitrogen and oxygen atoms in total. The summed E-state index contributed by atoms with van der Waals surface area (Å²) in [5.41, 5.74) is 5.13. The molecule has 0 aromatic heterocycles. The third-order valence-corrected chi connectivity index (χ3v) is 8.50. The van der Waals surface area contributed by atoms with Crippen molar-refractivity contribution in [2.45, 2.75) is 38.1 Å². The third kappa shape index (κ3) is 7.85. The summed E-state index contributed by atoms with van der Waals surface area (Å²) in [6, 6.07) is 9.81. The number of carbonyl (C=O) groups is 2. The maximum absolute atomic E-state index is 13.3. The van der Waals surface area contributed by atoms with E-state index in [-0.39, 0.29) is 32.1 Å². The van der Waals surface area contributed by atoms with Crippen molar-refractivity contribution in [1.29, 1.82) is 0 Å². The third-order valence-electron chi connectivity index (χ3n) is 6.81. The molecule has 2 aromatic carbocycles. The number of benzene rings is 2.